The van der Waals surface area contributed by atoms with Crippen LogP contribution in [-0.2, 0) is 27.0 Å². The maximum atomic E-state index is 14.3. The van der Waals surface area contributed by atoms with Gasteiger partial charge in [-0.25, -0.2) is 19.7 Å². The average Bonchev–Trinajstić information content (AvgIpc) is 3.64. The van der Waals surface area contributed by atoms with Gasteiger partial charge in [0.15, 0.2) is 5.78 Å². The molecule has 0 unspecified atom stereocenters. The van der Waals surface area contributed by atoms with Gasteiger partial charge in [-0.05, 0) is 96.7 Å². The molecule has 2 atom stereocenters. The molecule has 1 fully saturated rings. The van der Waals surface area contributed by atoms with Crippen molar-refractivity contribution in [3.05, 3.63) is 65.0 Å². The van der Waals surface area contributed by atoms with Gasteiger partial charge in [0, 0.05) is 48.3 Å². The minimum absolute atomic E-state index is 0.00401. The third-order valence-corrected chi connectivity index (χ3v) is 9.16. The fourth-order valence-electron chi connectivity index (χ4n) is 6.39. The largest absolute Gasteiger partial charge is 0.444 e. The molecule has 4 aromatic rings. The van der Waals surface area contributed by atoms with Crippen molar-refractivity contribution in [3.8, 4) is 11.1 Å². The standard InChI is InChI=1S/C37H43F3N8O5/c1-19-10-11-28(37(38,39)40)43-32(19)44-33(51)27-14-25(36(8,9)45-34(52)53-35(5,6)7)17-47(27)29(50)18-48-31-20(2)12-23(24-15-41-22(4)42-16-24)13-26(31)30(46-48)21(3)49/h10-13,15-16,25,27H,14,17-18H2,1-9H3,(H,45,52)(H,43,44,51)/t25-,27-/m0/s1. The van der Waals surface area contributed by atoms with Crippen molar-refractivity contribution in [2.75, 3.05) is 11.9 Å². The minimum Gasteiger partial charge on any atom is -0.444 e. The molecule has 0 spiro atoms. The third-order valence-electron chi connectivity index (χ3n) is 9.16. The quantitative estimate of drug-likeness (QED) is 0.201. The van der Waals surface area contributed by atoms with Crippen LogP contribution in [-0.4, -0.2) is 77.0 Å². The highest BCUT2D eigenvalue weighted by atomic mass is 19.4. The molecule has 1 aliphatic rings. The van der Waals surface area contributed by atoms with Gasteiger partial charge in [0.2, 0.25) is 11.8 Å². The van der Waals surface area contributed by atoms with Crippen LogP contribution in [0, 0.1) is 26.7 Å². The van der Waals surface area contributed by atoms with Crippen LogP contribution in [0.1, 0.15) is 81.1 Å². The molecule has 4 heterocycles. The number of fused-ring (bicyclic) bond motifs is 1. The van der Waals surface area contributed by atoms with Crippen LogP contribution in [0.25, 0.3) is 22.0 Å². The van der Waals surface area contributed by atoms with E-state index in [1.165, 1.54) is 29.5 Å². The molecule has 282 valence electrons. The Balaban J connectivity index is 1.50. The predicted molar refractivity (Wildman–Crippen MR) is 190 cm³/mol. The molecule has 1 aliphatic heterocycles. The number of alkyl halides is 3. The second kappa shape index (κ2) is 14.2. The number of anilines is 1. The van der Waals surface area contributed by atoms with E-state index in [4.69, 9.17) is 4.74 Å². The van der Waals surface area contributed by atoms with E-state index in [0.717, 1.165) is 17.2 Å². The number of Topliss-reactive ketones (excluding diaryl/α,β-unsaturated/α-hetero) is 1. The number of carbonyl (C=O) groups is 4. The summed E-state index contributed by atoms with van der Waals surface area (Å²) in [4.78, 5) is 67.3. The Hall–Kier alpha value is -5.41. The number of aryl methyl sites for hydroxylation is 3. The number of halogens is 3. The van der Waals surface area contributed by atoms with Crippen LogP contribution in [0.4, 0.5) is 23.8 Å². The van der Waals surface area contributed by atoms with E-state index in [0.29, 0.717) is 22.3 Å². The molecule has 0 bridgehead atoms. The Kier molecular flexibility index (Phi) is 10.4. The summed E-state index contributed by atoms with van der Waals surface area (Å²) < 4.78 is 47.4. The molecule has 0 saturated carbocycles. The van der Waals surface area contributed by atoms with Gasteiger partial charge in [-0.2, -0.15) is 18.3 Å². The molecule has 1 saturated heterocycles. The van der Waals surface area contributed by atoms with Crippen molar-refractivity contribution in [1.29, 1.82) is 0 Å². The minimum atomic E-state index is -4.75. The number of nitrogens with zero attached hydrogens (tertiary/aromatic N) is 6. The molecule has 3 aromatic heterocycles. The first kappa shape index (κ1) is 38.8. The van der Waals surface area contributed by atoms with E-state index in [-0.39, 0.29) is 42.4 Å². The number of aromatic nitrogens is 5. The summed E-state index contributed by atoms with van der Waals surface area (Å²) >= 11 is 0. The van der Waals surface area contributed by atoms with Gasteiger partial charge in [-0.3, -0.25) is 19.1 Å². The zero-order chi connectivity index (χ0) is 39.2. The van der Waals surface area contributed by atoms with Gasteiger partial charge in [0.25, 0.3) is 0 Å². The van der Waals surface area contributed by atoms with Gasteiger partial charge in [-0.15, -0.1) is 0 Å². The molecule has 5 rings (SSSR count). The van der Waals surface area contributed by atoms with Crippen LogP contribution in [0.3, 0.4) is 0 Å². The number of hydrogen-bond donors (Lipinski definition) is 2. The van der Waals surface area contributed by atoms with Gasteiger partial charge in [-0.1, -0.05) is 6.07 Å². The first-order valence-electron chi connectivity index (χ1n) is 17.0. The summed E-state index contributed by atoms with van der Waals surface area (Å²) in [5, 5.41) is 10.4. The predicted octanol–water partition coefficient (Wildman–Crippen LogP) is 6.19. The fourth-order valence-corrected chi connectivity index (χ4v) is 6.39. The van der Waals surface area contributed by atoms with Gasteiger partial charge in [0.05, 0.1) is 5.52 Å². The van der Waals surface area contributed by atoms with Gasteiger partial charge in [0.1, 0.15) is 41.2 Å². The second-order valence-electron chi connectivity index (χ2n) is 15.0. The number of alkyl carbamates (subject to hydrolysis) is 1. The first-order chi connectivity index (χ1) is 24.5. The molecule has 3 amide bonds. The summed E-state index contributed by atoms with van der Waals surface area (Å²) in [5.41, 5.74) is 0.205. The van der Waals surface area contributed by atoms with E-state index in [2.05, 4.69) is 30.7 Å². The van der Waals surface area contributed by atoms with E-state index < -0.39 is 52.9 Å². The lowest BCUT2D eigenvalue weighted by Crippen LogP contribution is -2.51. The molecule has 0 aliphatic carbocycles. The Labute approximate surface area is 304 Å². The van der Waals surface area contributed by atoms with E-state index in [1.54, 1.807) is 60.0 Å². The molecular formula is C37H43F3N8O5. The number of amides is 3. The number of ether oxygens (including phenoxy) is 1. The lowest BCUT2D eigenvalue weighted by molar-refractivity contribution is -0.141. The summed E-state index contributed by atoms with van der Waals surface area (Å²) in [6.45, 7) is 14.7. The summed E-state index contributed by atoms with van der Waals surface area (Å²) in [5.74, 6) is -1.79. The van der Waals surface area contributed by atoms with Gasteiger partial charge >= 0.3 is 12.3 Å². The van der Waals surface area contributed by atoms with Crippen molar-refractivity contribution in [2.24, 2.45) is 5.92 Å². The Bertz CT molecular complexity index is 2090. The smallest absolute Gasteiger partial charge is 0.433 e. The number of carbonyl (C=O) groups excluding carboxylic acids is 4. The van der Waals surface area contributed by atoms with Crippen molar-refractivity contribution in [2.45, 2.75) is 98.6 Å². The third kappa shape index (κ3) is 8.63. The highest BCUT2D eigenvalue weighted by molar-refractivity contribution is 6.07. The zero-order valence-electron chi connectivity index (χ0n) is 31.1. The lowest BCUT2D eigenvalue weighted by Gasteiger charge is -2.33. The van der Waals surface area contributed by atoms with Crippen LogP contribution in [0.15, 0.2) is 36.7 Å². The zero-order valence-corrected chi connectivity index (χ0v) is 31.1. The maximum Gasteiger partial charge on any atom is 0.433 e. The Morgan fingerprint density at radius 1 is 0.943 bits per heavy atom. The number of nitrogens with one attached hydrogen (secondary N) is 2. The number of benzene rings is 1. The Morgan fingerprint density at radius 3 is 2.21 bits per heavy atom. The Morgan fingerprint density at radius 2 is 1.60 bits per heavy atom. The molecule has 16 heteroatoms. The highest BCUT2D eigenvalue weighted by Gasteiger charge is 2.46. The number of likely N-dealkylation sites (tertiary alicyclic amines) is 1. The van der Waals surface area contributed by atoms with Crippen molar-refractivity contribution < 1.29 is 37.1 Å². The topological polar surface area (TPSA) is 161 Å². The van der Waals surface area contributed by atoms with Gasteiger partial charge < -0.3 is 20.3 Å². The van der Waals surface area contributed by atoms with Crippen molar-refractivity contribution >= 4 is 40.4 Å². The fraction of sp³-hybridized carbons (Fsp3) is 0.459. The van der Waals surface area contributed by atoms with E-state index in [9.17, 15) is 32.3 Å². The highest BCUT2D eigenvalue weighted by Crippen LogP contribution is 2.35. The molecular weight excluding hydrogens is 693 g/mol. The van der Waals surface area contributed by atoms with Crippen molar-refractivity contribution in [1.82, 2.24) is 34.9 Å². The molecule has 53 heavy (non-hydrogen) atoms. The van der Waals surface area contributed by atoms with Crippen LogP contribution < -0.4 is 10.6 Å². The first-order valence-corrected chi connectivity index (χ1v) is 17.0. The summed E-state index contributed by atoms with van der Waals surface area (Å²) in [7, 11) is 0. The van der Waals surface area contributed by atoms with Crippen LogP contribution in [0.5, 0.6) is 0 Å². The van der Waals surface area contributed by atoms with E-state index >= 15 is 0 Å². The number of ketones is 1. The summed E-state index contributed by atoms with van der Waals surface area (Å²) in [6, 6.07) is 4.53. The van der Waals surface area contributed by atoms with E-state index in [1.807, 2.05) is 13.0 Å². The SMILES string of the molecule is CC(=O)c1nn(CC(=O)N2C[C@@H](C(C)(C)NC(=O)OC(C)(C)C)C[C@H]2C(=O)Nc2nc(C(F)(F)F)ccc2C)c2c(C)cc(-c3cnc(C)nc3)cc12. The van der Waals surface area contributed by atoms with Crippen LogP contribution in [0.2, 0.25) is 0 Å². The molecule has 13 nitrogen and oxygen atoms in total. The molecule has 2 N–H and O–H groups in total. The average molecular weight is 737 g/mol. The van der Waals surface area contributed by atoms with Crippen LogP contribution >= 0.6 is 0 Å². The molecule has 1 aromatic carbocycles. The number of rotatable bonds is 8. The molecule has 0 radical (unpaired) electrons. The number of pyridine rings is 1. The normalized spacial score (nSPS) is 16.5. The summed E-state index contributed by atoms with van der Waals surface area (Å²) in [6.07, 6.45) is -2.03. The maximum absolute atomic E-state index is 14.3. The number of hydrogen-bond acceptors (Lipinski definition) is 9. The lowest BCUT2D eigenvalue weighted by atomic mass is 9.85. The second-order valence-corrected chi connectivity index (χ2v) is 15.0. The monoisotopic (exact) mass is 736 g/mol. The van der Waals surface area contributed by atoms with Crippen molar-refractivity contribution in [3.63, 3.8) is 0 Å².